The van der Waals surface area contributed by atoms with Crippen molar-refractivity contribution in [3.05, 3.63) is 28.1 Å². The van der Waals surface area contributed by atoms with E-state index in [0.717, 1.165) is 24.2 Å². The Balaban J connectivity index is 1.63. The highest BCUT2D eigenvalue weighted by Gasteiger charge is 2.34. The Morgan fingerprint density at radius 3 is 2.66 bits per heavy atom. The molecule has 4 rings (SSSR count). The van der Waals surface area contributed by atoms with Crippen LogP contribution >= 0.6 is 0 Å². The number of hydrogen-bond acceptors (Lipinski definition) is 6. The summed E-state index contributed by atoms with van der Waals surface area (Å²) in [5.41, 5.74) is 1.59. The molecule has 1 saturated carbocycles. The second-order valence-electron chi connectivity index (χ2n) is 8.94. The van der Waals surface area contributed by atoms with Gasteiger partial charge in [0, 0.05) is 32.1 Å². The Labute approximate surface area is 169 Å². The van der Waals surface area contributed by atoms with Crippen LogP contribution in [0.5, 0.6) is 0 Å². The smallest absolute Gasteiger partial charge is 0.407 e. The topological polar surface area (TPSA) is 103 Å². The molecular formula is C20H27N5O4. The number of rotatable bonds is 4. The van der Waals surface area contributed by atoms with E-state index in [1.807, 2.05) is 37.3 Å². The lowest BCUT2D eigenvalue weighted by atomic mass is 10.2. The van der Waals surface area contributed by atoms with Crippen LogP contribution in [-0.4, -0.2) is 45.3 Å². The number of fused-ring (bicyclic) bond motifs is 1. The molecule has 29 heavy (non-hydrogen) atoms. The molecule has 9 heteroatoms. The molecule has 1 saturated heterocycles. The van der Waals surface area contributed by atoms with Crippen LogP contribution < -0.4 is 10.2 Å². The Morgan fingerprint density at radius 2 is 2.03 bits per heavy atom. The number of aryl methyl sites for hydroxylation is 1. The molecule has 1 N–H and O–H groups in total. The fourth-order valence-electron chi connectivity index (χ4n) is 3.97. The number of amides is 1. The number of alkyl carbamates (subject to hydrolysis) is 1. The SMILES string of the molecule is Cn1c(C2CC2)nc2c(N3CC[C@H](NC(=O)OC(C)(C)C)C3)c([N+](=O)[O-])ccc21. The van der Waals surface area contributed by atoms with Crippen molar-refractivity contribution in [3.63, 3.8) is 0 Å². The Kier molecular flexibility index (Phi) is 4.63. The zero-order valence-corrected chi connectivity index (χ0v) is 17.3. The van der Waals surface area contributed by atoms with E-state index < -0.39 is 11.7 Å². The van der Waals surface area contributed by atoms with Gasteiger partial charge in [0.15, 0.2) is 0 Å². The van der Waals surface area contributed by atoms with Crippen LogP contribution in [0.1, 0.15) is 51.8 Å². The number of carbonyl (C=O) groups is 1. The van der Waals surface area contributed by atoms with E-state index in [9.17, 15) is 14.9 Å². The van der Waals surface area contributed by atoms with Crippen LogP contribution in [0, 0.1) is 10.1 Å². The molecule has 156 valence electrons. The van der Waals surface area contributed by atoms with Gasteiger partial charge >= 0.3 is 6.09 Å². The Hall–Kier alpha value is -2.84. The average Bonchev–Trinajstić information content (AvgIpc) is 3.26. The molecule has 2 aliphatic rings. The molecule has 0 bridgehead atoms. The number of hydrogen-bond donors (Lipinski definition) is 1. The van der Waals surface area contributed by atoms with Crippen molar-refractivity contribution in [1.82, 2.24) is 14.9 Å². The van der Waals surface area contributed by atoms with E-state index in [0.29, 0.717) is 36.6 Å². The maximum atomic E-state index is 12.1. The van der Waals surface area contributed by atoms with Crippen molar-refractivity contribution in [2.45, 2.75) is 57.6 Å². The minimum absolute atomic E-state index is 0.0517. The van der Waals surface area contributed by atoms with Gasteiger partial charge in [-0.15, -0.1) is 0 Å². The first-order valence-electron chi connectivity index (χ1n) is 10.0. The van der Waals surface area contributed by atoms with E-state index in [-0.39, 0.29) is 16.7 Å². The third kappa shape index (κ3) is 3.86. The fraction of sp³-hybridized carbons (Fsp3) is 0.600. The van der Waals surface area contributed by atoms with Crippen molar-refractivity contribution in [2.24, 2.45) is 7.05 Å². The highest BCUT2D eigenvalue weighted by molar-refractivity contribution is 5.95. The third-order valence-corrected chi connectivity index (χ3v) is 5.40. The van der Waals surface area contributed by atoms with Gasteiger partial charge in [-0.25, -0.2) is 9.78 Å². The number of anilines is 1. The van der Waals surface area contributed by atoms with Crippen LogP contribution in [0.3, 0.4) is 0 Å². The van der Waals surface area contributed by atoms with Gasteiger partial charge in [-0.1, -0.05) is 0 Å². The lowest BCUT2D eigenvalue weighted by molar-refractivity contribution is -0.384. The molecule has 0 unspecified atom stereocenters. The number of carbonyl (C=O) groups excluding carboxylic acids is 1. The largest absolute Gasteiger partial charge is 0.444 e. The molecule has 2 aromatic rings. The van der Waals surface area contributed by atoms with Gasteiger partial charge in [0.2, 0.25) is 0 Å². The number of nitrogens with zero attached hydrogens (tertiary/aromatic N) is 4. The highest BCUT2D eigenvalue weighted by Crippen LogP contribution is 2.43. The molecule has 1 aliphatic heterocycles. The van der Waals surface area contributed by atoms with Crippen molar-refractivity contribution < 1.29 is 14.5 Å². The molecule has 1 amide bonds. The molecule has 2 fully saturated rings. The second-order valence-corrected chi connectivity index (χ2v) is 8.94. The van der Waals surface area contributed by atoms with E-state index in [1.54, 1.807) is 12.1 Å². The van der Waals surface area contributed by atoms with Crippen molar-refractivity contribution >= 4 is 28.5 Å². The summed E-state index contributed by atoms with van der Waals surface area (Å²) in [4.78, 5) is 30.2. The van der Waals surface area contributed by atoms with Crippen LogP contribution in [-0.2, 0) is 11.8 Å². The summed E-state index contributed by atoms with van der Waals surface area (Å²) in [6, 6.07) is 3.21. The summed E-state index contributed by atoms with van der Waals surface area (Å²) < 4.78 is 7.38. The second kappa shape index (κ2) is 6.89. The predicted molar refractivity (Wildman–Crippen MR) is 109 cm³/mol. The monoisotopic (exact) mass is 401 g/mol. The standard InChI is InChI=1S/C20H27N5O4/c1-20(2,3)29-19(26)21-13-9-10-24(11-13)17-15(25(27)28)8-7-14-16(17)22-18(23(14)4)12-5-6-12/h7-8,12-13H,5-6,9-11H2,1-4H3,(H,21,26)/t13-/m0/s1. The van der Waals surface area contributed by atoms with E-state index in [1.165, 1.54) is 0 Å². The molecule has 1 aliphatic carbocycles. The van der Waals surface area contributed by atoms with Crippen molar-refractivity contribution in [1.29, 1.82) is 0 Å². The molecule has 2 heterocycles. The summed E-state index contributed by atoms with van der Waals surface area (Å²) >= 11 is 0. The lowest BCUT2D eigenvalue weighted by Gasteiger charge is -2.22. The van der Waals surface area contributed by atoms with Gasteiger partial charge in [0.25, 0.3) is 5.69 Å². The molecule has 9 nitrogen and oxygen atoms in total. The normalized spacial score (nSPS) is 19.6. The fourth-order valence-corrected chi connectivity index (χ4v) is 3.97. The summed E-state index contributed by atoms with van der Waals surface area (Å²) in [6.07, 6.45) is 2.45. The quantitative estimate of drug-likeness (QED) is 0.622. The zero-order valence-electron chi connectivity index (χ0n) is 17.3. The minimum Gasteiger partial charge on any atom is -0.444 e. The van der Waals surface area contributed by atoms with E-state index >= 15 is 0 Å². The van der Waals surface area contributed by atoms with Gasteiger partial charge in [0.1, 0.15) is 22.6 Å². The van der Waals surface area contributed by atoms with E-state index in [2.05, 4.69) is 5.32 Å². The molecule has 1 atom stereocenters. The summed E-state index contributed by atoms with van der Waals surface area (Å²) in [5.74, 6) is 1.43. The van der Waals surface area contributed by atoms with Gasteiger partial charge in [-0.05, 0) is 46.1 Å². The maximum Gasteiger partial charge on any atom is 0.407 e. The molecule has 1 aromatic carbocycles. The first kappa shape index (κ1) is 19.5. The summed E-state index contributed by atoms with van der Waals surface area (Å²) in [5, 5.41) is 14.6. The number of imidazole rings is 1. The van der Waals surface area contributed by atoms with Crippen LogP contribution in [0.15, 0.2) is 12.1 Å². The van der Waals surface area contributed by atoms with Crippen LogP contribution in [0.4, 0.5) is 16.2 Å². The first-order chi connectivity index (χ1) is 13.6. The Bertz CT molecular complexity index is 973. The molecule has 0 spiro atoms. The van der Waals surface area contributed by atoms with Crippen LogP contribution in [0.25, 0.3) is 11.0 Å². The van der Waals surface area contributed by atoms with Gasteiger partial charge in [-0.2, -0.15) is 0 Å². The lowest BCUT2D eigenvalue weighted by Crippen LogP contribution is -2.40. The maximum absolute atomic E-state index is 12.1. The molecular weight excluding hydrogens is 374 g/mol. The highest BCUT2D eigenvalue weighted by atomic mass is 16.6. The number of nitro benzene ring substituents is 1. The number of nitro groups is 1. The van der Waals surface area contributed by atoms with Gasteiger partial charge in [-0.3, -0.25) is 10.1 Å². The summed E-state index contributed by atoms with van der Waals surface area (Å²) in [6.45, 7) is 6.53. The van der Waals surface area contributed by atoms with Crippen molar-refractivity contribution in [3.8, 4) is 0 Å². The zero-order chi connectivity index (χ0) is 20.9. The van der Waals surface area contributed by atoms with Gasteiger partial charge in [0.05, 0.1) is 16.5 Å². The number of aromatic nitrogens is 2. The number of ether oxygens (including phenoxy) is 1. The average molecular weight is 401 g/mol. The first-order valence-corrected chi connectivity index (χ1v) is 10.0. The third-order valence-electron chi connectivity index (χ3n) is 5.40. The number of nitrogens with one attached hydrogen (secondary N) is 1. The van der Waals surface area contributed by atoms with Crippen LogP contribution in [0.2, 0.25) is 0 Å². The number of benzene rings is 1. The minimum atomic E-state index is -0.570. The van der Waals surface area contributed by atoms with Gasteiger partial charge < -0.3 is 19.5 Å². The van der Waals surface area contributed by atoms with Crippen molar-refractivity contribution in [2.75, 3.05) is 18.0 Å². The predicted octanol–water partition coefficient (Wildman–Crippen LogP) is 3.46. The Morgan fingerprint density at radius 1 is 1.31 bits per heavy atom. The van der Waals surface area contributed by atoms with E-state index in [4.69, 9.17) is 9.72 Å². The molecule has 0 radical (unpaired) electrons. The molecule has 1 aromatic heterocycles. The summed E-state index contributed by atoms with van der Waals surface area (Å²) in [7, 11) is 1.97.